The number of hydrogen-bond acceptors (Lipinski definition) is 1. The van der Waals surface area contributed by atoms with Crippen LogP contribution in [0.5, 0.6) is 0 Å². The molecular formula is C9H5F5O2. The van der Waals surface area contributed by atoms with E-state index >= 15 is 0 Å². The minimum atomic E-state index is -4.30. The van der Waals surface area contributed by atoms with Gasteiger partial charge in [-0.2, -0.15) is 0 Å². The van der Waals surface area contributed by atoms with E-state index in [0.29, 0.717) is 12.1 Å². The van der Waals surface area contributed by atoms with E-state index in [4.69, 9.17) is 5.11 Å². The van der Waals surface area contributed by atoms with Gasteiger partial charge in [0, 0.05) is 0 Å². The maximum Gasteiger partial charge on any atom is 0.309 e. The van der Waals surface area contributed by atoms with Crippen molar-refractivity contribution in [3.05, 3.63) is 35.1 Å². The first kappa shape index (κ1) is 12.4. The van der Waals surface area contributed by atoms with Crippen LogP contribution in [-0.2, 0) is 10.7 Å². The summed E-state index contributed by atoms with van der Waals surface area (Å²) in [4.78, 5) is 10.1. The third-order valence-corrected chi connectivity index (χ3v) is 1.78. The monoisotopic (exact) mass is 240 g/mol. The molecule has 0 heterocycles. The van der Waals surface area contributed by atoms with Crippen molar-refractivity contribution in [2.45, 2.75) is 12.3 Å². The molecule has 0 amide bonds. The van der Waals surface area contributed by atoms with Crippen molar-refractivity contribution in [2.75, 3.05) is 0 Å². The molecule has 0 bridgehead atoms. The number of hydrogen-bond donors (Lipinski definition) is 1. The molecule has 16 heavy (non-hydrogen) atoms. The molecule has 88 valence electrons. The van der Waals surface area contributed by atoms with Crippen LogP contribution in [0.2, 0.25) is 0 Å². The molecule has 7 heteroatoms. The molecule has 0 unspecified atom stereocenters. The van der Waals surface area contributed by atoms with E-state index in [1.807, 2.05) is 0 Å². The third-order valence-electron chi connectivity index (χ3n) is 1.78. The van der Waals surface area contributed by atoms with Crippen LogP contribution in [0.25, 0.3) is 0 Å². The predicted molar refractivity (Wildman–Crippen MR) is 42.5 cm³/mol. The summed E-state index contributed by atoms with van der Waals surface area (Å²) < 4.78 is 64.6. The van der Waals surface area contributed by atoms with Gasteiger partial charge in [-0.1, -0.05) is 0 Å². The van der Waals surface area contributed by atoms with E-state index in [1.54, 1.807) is 0 Å². The van der Waals surface area contributed by atoms with Crippen molar-refractivity contribution in [3.8, 4) is 0 Å². The third kappa shape index (κ3) is 2.29. The van der Waals surface area contributed by atoms with E-state index in [1.165, 1.54) is 0 Å². The van der Waals surface area contributed by atoms with E-state index in [2.05, 4.69) is 0 Å². The molecule has 1 N–H and O–H groups in total. The summed E-state index contributed by atoms with van der Waals surface area (Å²) in [5, 5.41) is 8.14. The van der Waals surface area contributed by atoms with Gasteiger partial charge in [0.25, 0.3) is 5.92 Å². The zero-order chi connectivity index (χ0) is 12.5. The fourth-order valence-electron chi connectivity index (χ4n) is 1.14. The lowest BCUT2D eigenvalue weighted by Gasteiger charge is -2.16. The molecule has 0 aromatic heterocycles. The molecule has 1 aromatic rings. The molecule has 0 fully saturated rings. The Kier molecular flexibility index (Phi) is 3.16. The molecule has 0 atom stereocenters. The largest absolute Gasteiger partial charge is 0.481 e. The average molecular weight is 240 g/mol. The predicted octanol–water partition coefficient (Wildman–Crippen LogP) is 2.67. The van der Waals surface area contributed by atoms with Crippen molar-refractivity contribution >= 4 is 5.97 Å². The average Bonchev–Trinajstić information content (AvgIpc) is 2.09. The Morgan fingerprint density at radius 1 is 1.19 bits per heavy atom. The van der Waals surface area contributed by atoms with Gasteiger partial charge in [-0.3, -0.25) is 4.79 Å². The standard InChI is InChI=1S/C9H5F5O2/c10-4-1-2-5(11)8(12)7(4)9(13,14)3-6(15)16/h1-2H,3H2,(H,15,16). The molecule has 2 nitrogen and oxygen atoms in total. The van der Waals surface area contributed by atoms with Crippen molar-refractivity contribution in [1.82, 2.24) is 0 Å². The Hall–Kier alpha value is -1.66. The van der Waals surface area contributed by atoms with Crippen LogP contribution in [0.1, 0.15) is 12.0 Å². The van der Waals surface area contributed by atoms with Crippen LogP contribution in [0.3, 0.4) is 0 Å². The highest BCUT2D eigenvalue weighted by atomic mass is 19.3. The zero-order valence-corrected chi connectivity index (χ0v) is 7.61. The molecule has 0 saturated heterocycles. The van der Waals surface area contributed by atoms with Crippen LogP contribution in [-0.4, -0.2) is 11.1 Å². The van der Waals surface area contributed by atoms with E-state index in [0.717, 1.165) is 0 Å². The normalized spacial score (nSPS) is 11.6. The molecule has 0 aliphatic rings. The summed E-state index contributed by atoms with van der Waals surface area (Å²) in [5.74, 6) is -11.7. The zero-order valence-electron chi connectivity index (χ0n) is 7.61. The maximum atomic E-state index is 13.1. The molecule has 1 rings (SSSR count). The van der Waals surface area contributed by atoms with Crippen molar-refractivity contribution in [2.24, 2.45) is 0 Å². The van der Waals surface area contributed by atoms with Crippen LogP contribution >= 0.6 is 0 Å². The molecule has 0 saturated carbocycles. The Labute approximate surface area is 86.3 Å². The van der Waals surface area contributed by atoms with Gasteiger partial charge in [-0.05, 0) is 12.1 Å². The number of halogens is 5. The van der Waals surface area contributed by atoms with Gasteiger partial charge in [0.15, 0.2) is 11.6 Å². The van der Waals surface area contributed by atoms with Crippen molar-refractivity contribution in [3.63, 3.8) is 0 Å². The second-order valence-electron chi connectivity index (χ2n) is 2.99. The number of carbonyl (C=O) groups is 1. The van der Waals surface area contributed by atoms with E-state index in [9.17, 15) is 26.7 Å². The molecule has 0 aliphatic heterocycles. The molecule has 1 aromatic carbocycles. The highest BCUT2D eigenvalue weighted by Gasteiger charge is 2.41. The molecule has 0 radical (unpaired) electrons. The number of alkyl halides is 2. The van der Waals surface area contributed by atoms with Crippen LogP contribution in [0.15, 0.2) is 12.1 Å². The Balaban J connectivity index is 3.31. The van der Waals surface area contributed by atoms with Crippen LogP contribution in [0.4, 0.5) is 22.0 Å². The summed E-state index contributed by atoms with van der Waals surface area (Å²) in [7, 11) is 0. The van der Waals surface area contributed by atoms with Gasteiger partial charge >= 0.3 is 5.97 Å². The Bertz CT molecular complexity index is 430. The lowest BCUT2D eigenvalue weighted by Crippen LogP contribution is -2.22. The number of rotatable bonds is 3. The summed E-state index contributed by atoms with van der Waals surface area (Å²) in [6, 6.07) is 0.647. The first-order valence-electron chi connectivity index (χ1n) is 3.99. The quantitative estimate of drug-likeness (QED) is 0.651. The van der Waals surface area contributed by atoms with Gasteiger partial charge in [0.1, 0.15) is 12.2 Å². The number of benzene rings is 1. The summed E-state index contributed by atoms with van der Waals surface area (Å²) in [5.41, 5.74) is -1.87. The fraction of sp³-hybridized carbons (Fsp3) is 0.222. The number of carboxylic acid groups (broad SMARTS) is 1. The molecule has 0 aliphatic carbocycles. The maximum absolute atomic E-state index is 13.1. The van der Waals surface area contributed by atoms with Crippen molar-refractivity contribution in [1.29, 1.82) is 0 Å². The lowest BCUT2D eigenvalue weighted by atomic mass is 10.0. The highest BCUT2D eigenvalue weighted by Crippen LogP contribution is 2.35. The molecule has 0 spiro atoms. The summed E-state index contributed by atoms with van der Waals surface area (Å²) >= 11 is 0. The SMILES string of the molecule is O=C(O)CC(F)(F)c1c(F)ccc(F)c1F. The van der Waals surface area contributed by atoms with E-state index < -0.39 is 41.3 Å². The van der Waals surface area contributed by atoms with Gasteiger partial charge < -0.3 is 5.11 Å². The smallest absolute Gasteiger partial charge is 0.309 e. The summed E-state index contributed by atoms with van der Waals surface area (Å²) in [6.45, 7) is 0. The minimum Gasteiger partial charge on any atom is -0.481 e. The fourth-order valence-corrected chi connectivity index (χ4v) is 1.14. The second-order valence-corrected chi connectivity index (χ2v) is 2.99. The topological polar surface area (TPSA) is 37.3 Å². The Morgan fingerprint density at radius 2 is 1.69 bits per heavy atom. The first-order valence-corrected chi connectivity index (χ1v) is 3.99. The Morgan fingerprint density at radius 3 is 2.19 bits per heavy atom. The number of aliphatic carboxylic acids is 1. The minimum absolute atomic E-state index is 0.309. The van der Waals surface area contributed by atoms with Gasteiger partial charge in [0.2, 0.25) is 0 Å². The second kappa shape index (κ2) is 4.07. The van der Waals surface area contributed by atoms with Crippen LogP contribution in [0, 0.1) is 17.5 Å². The van der Waals surface area contributed by atoms with Crippen LogP contribution < -0.4 is 0 Å². The number of carboxylic acids is 1. The lowest BCUT2D eigenvalue weighted by molar-refractivity contribution is -0.145. The molecular weight excluding hydrogens is 235 g/mol. The first-order chi connectivity index (χ1) is 7.25. The summed E-state index contributed by atoms with van der Waals surface area (Å²) in [6.07, 6.45) is -1.82. The van der Waals surface area contributed by atoms with Gasteiger partial charge in [-0.15, -0.1) is 0 Å². The van der Waals surface area contributed by atoms with E-state index in [-0.39, 0.29) is 0 Å². The van der Waals surface area contributed by atoms with Gasteiger partial charge in [0.05, 0.1) is 5.56 Å². The van der Waals surface area contributed by atoms with Gasteiger partial charge in [-0.25, -0.2) is 22.0 Å². The highest BCUT2D eigenvalue weighted by molar-refractivity contribution is 5.68. The van der Waals surface area contributed by atoms with Crippen molar-refractivity contribution < 1.29 is 31.9 Å².